The fourth-order valence-corrected chi connectivity index (χ4v) is 4.96. The molecular weight excluding hydrogens is 589 g/mol. The topological polar surface area (TPSA) is 87.3 Å². The number of carbonyl (C=O) groups excluding carboxylic acids is 3. The van der Waals surface area contributed by atoms with Crippen LogP contribution in [0.15, 0.2) is 108 Å². The molecular formula is C30H22Cl3N3O3S. The van der Waals surface area contributed by atoms with Gasteiger partial charge in [-0.3, -0.25) is 14.4 Å². The van der Waals surface area contributed by atoms with Crippen LogP contribution < -0.4 is 16.0 Å². The van der Waals surface area contributed by atoms with Crippen LogP contribution in [0.2, 0.25) is 15.1 Å². The minimum Gasteiger partial charge on any atom is -0.325 e. The van der Waals surface area contributed by atoms with Gasteiger partial charge in [-0.25, -0.2) is 0 Å². The Hall–Kier alpha value is -3.75. The Morgan fingerprint density at radius 2 is 1.38 bits per heavy atom. The number of hydrogen-bond acceptors (Lipinski definition) is 4. The van der Waals surface area contributed by atoms with Crippen molar-refractivity contribution in [3.8, 4) is 0 Å². The van der Waals surface area contributed by atoms with Gasteiger partial charge in [-0.15, -0.1) is 11.8 Å². The molecule has 0 aliphatic carbocycles. The third kappa shape index (κ3) is 8.37. The van der Waals surface area contributed by atoms with Crippen LogP contribution in [-0.4, -0.2) is 23.5 Å². The molecule has 0 aliphatic rings. The van der Waals surface area contributed by atoms with Crippen LogP contribution in [0.3, 0.4) is 0 Å². The van der Waals surface area contributed by atoms with Crippen LogP contribution in [0.4, 0.5) is 11.4 Å². The highest BCUT2D eigenvalue weighted by molar-refractivity contribution is 8.00. The molecule has 0 unspecified atom stereocenters. The Morgan fingerprint density at radius 1 is 0.725 bits per heavy atom. The highest BCUT2D eigenvalue weighted by Crippen LogP contribution is 2.27. The van der Waals surface area contributed by atoms with Gasteiger partial charge in [0.2, 0.25) is 5.91 Å². The normalized spacial score (nSPS) is 11.0. The van der Waals surface area contributed by atoms with Crippen molar-refractivity contribution >= 4 is 81.7 Å². The molecule has 40 heavy (non-hydrogen) atoms. The lowest BCUT2D eigenvalue weighted by Gasteiger charge is -2.13. The number of benzene rings is 4. The van der Waals surface area contributed by atoms with E-state index in [2.05, 4.69) is 16.0 Å². The van der Waals surface area contributed by atoms with Crippen LogP contribution in [0.25, 0.3) is 6.08 Å². The van der Waals surface area contributed by atoms with E-state index in [1.165, 1.54) is 17.8 Å². The van der Waals surface area contributed by atoms with Gasteiger partial charge >= 0.3 is 0 Å². The first kappa shape index (κ1) is 29.2. The Kier molecular flexibility index (Phi) is 10.3. The highest BCUT2D eigenvalue weighted by Gasteiger charge is 2.17. The van der Waals surface area contributed by atoms with Gasteiger partial charge in [0, 0.05) is 42.5 Å². The maximum atomic E-state index is 13.4. The molecule has 0 heterocycles. The summed E-state index contributed by atoms with van der Waals surface area (Å²) in [4.78, 5) is 39.4. The molecule has 3 N–H and O–H groups in total. The summed E-state index contributed by atoms with van der Waals surface area (Å²) >= 11 is 19.9. The molecule has 0 spiro atoms. The predicted octanol–water partition coefficient (Wildman–Crippen LogP) is 7.79. The molecule has 0 aliphatic heterocycles. The first-order chi connectivity index (χ1) is 19.3. The maximum Gasteiger partial charge on any atom is 0.272 e. The molecule has 4 aromatic rings. The number of thioether (sulfide) groups is 1. The van der Waals surface area contributed by atoms with E-state index in [9.17, 15) is 14.4 Å². The van der Waals surface area contributed by atoms with Crippen molar-refractivity contribution in [2.75, 3.05) is 16.4 Å². The zero-order valence-corrected chi connectivity index (χ0v) is 23.9. The molecule has 202 valence electrons. The summed E-state index contributed by atoms with van der Waals surface area (Å²) in [6, 6.07) is 27.4. The van der Waals surface area contributed by atoms with E-state index < -0.39 is 11.8 Å². The van der Waals surface area contributed by atoms with E-state index in [1.54, 1.807) is 91.0 Å². The van der Waals surface area contributed by atoms with Crippen LogP contribution in [0.1, 0.15) is 15.9 Å². The monoisotopic (exact) mass is 609 g/mol. The minimum absolute atomic E-state index is 0.0530. The number of hydrogen-bond donors (Lipinski definition) is 3. The Labute approximate surface area is 250 Å². The smallest absolute Gasteiger partial charge is 0.272 e. The zero-order valence-electron chi connectivity index (χ0n) is 20.8. The molecule has 4 aromatic carbocycles. The molecule has 0 fully saturated rings. The van der Waals surface area contributed by atoms with Gasteiger partial charge in [-0.2, -0.15) is 0 Å². The second-order valence-electron chi connectivity index (χ2n) is 8.34. The molecule has 0 aromatic heterocycles. The SMILES string of the molecule is O=C(CSc1cccc(NC(=O)/C(=C\c2c(Cl)cccc2Cl)NC(=O)c2ccccc2)c1)Nc1cccc(Cl)c1. The van der Waals surface area contributed by atoms with Gasteiger partial charge < -0.3 is 16.0 Å². The van der Waals surface area contributed by atoms with Crippen molar-refractivity contribution in [2.45, 2.75) is 4.90 Å². The lowest BCUT2D eigenvalue weighted by atomic mass is 10.1. The van der Waals surface area contributed by atoms with Crippen molar-refractivity contribution in [3.05, 3.63) is 129 Å². The van der Waals surface area contributed by atoms with Crippen molar-refractivity contribution < 1.29 is 14.4 Å². The van der Waals surface area contributed by atoms with Crippen molar-refractivity contribution in [3.63, 3.8) is 0 Å². The maximum absolute atomic E-state index is 13.4. The number of halogens is 3. The molecule has 6 nitrogen and oxygen atoms in total. The molecule has 0 saturated heterocycles. The minimum atomic E-state index is -0.582. The Morgan fingerprint density at radius 3 is 2.08 bits per heavy atom. The average Bonchev–Trinajstić information content (AvgIpc) is 2.94. The van der Waals surface area contributed by atoms with Gasteiger partial charge in [-0.05, 0) is 66.7 Å². The molecule has 3 amide bonds. The third-order valence-electron chi connectivity index (χ3n) is 5.39. The first-order valence-electron chi connectivity index (χ1n) is 11.9. The van der Waals surface area contributed by atoms with Gasteiger partial charge in [0.15, 0.2) is 0 Å². The lowest BCUT2D eigenvalue weighted by Crippen LogP contribution is -2.30. The summed E-state index contributed by atoms with van der Waals surface area (Å²) in [5.74, 6) is -1.11. The highest BCUT2D eigenvalue weighted by atomic mass is 35.5. The third-order valence-corrected chi connectivity index (χ3v) is 7.28. The average molecular weight is 611 g/mol. The Bertz CT molecular complexity index is 1560. The molecule has 0 atom stereocenters. The standard InChI is InChI=1S/C30H22Cl3N3O3S/c31-20-9-4-10-21(15-20)34-28(37)18-40-23-12-5-11-22(16-23)35-30(39)27(17-24-25(32)13-6-14-26(24)33)36-29(38)19-7-2-1-3-8-19/h1-17H,18H2,(H,34,37)(H,35,39)(H,36,38)/b27-17+. The summed E-state index contributed by atoms with van der Waals surface area (Å²) in [5, 5.41) is 9.42. The van der Waals surface area contributed by atoms with E-state index in [0.29, 0.717) is 37.6 Å². The van der Waals surface area contributed by atoms with Crippen LogP contribution >= 0.6 is 46.6 Å². The largest absolute Gasteiger partial charge is 0.325 e. The van der Waals surface area contributed by atoms with E-state index in [0.717, 1.165) is 4.90 Å². The first-order valence-corrected chi connectivity index (χ1v) is 14.0. The van der Waals surface area contributed by atoms with E-state index in [1.807, 2.05) is 6.07 Å². The van der Waals surface area contributed by atoms with Gasteiger partial charge in [0.25, 0.3) is 11.8 Å². The summed E-state index contributed by atoms with van der Waals surface area (Å²) in [7, 11) is 0. The summed E-state index contributed by atoms with van der Waals surface area (Å²) in [5.41, 5.74) is 1.79. The van der Waals surface area contributed by atoms with Gasteiger partial charge in [0.05, 0.1) is 5.75 Å². The van der Waals surface area contributed by atoms with Crippen LogP contribution in [0, 0.1) is 0 Å². The van der Waals surface area contributed by atoms with Gasteiger partial charge in [0.1, 0.15) is 5.70 Å². The van der Waals surface area contributed by atoms with E-state index in [4.69, 9.17) is 34.8 Å². The van der Waals surface area contributed by atoms with Crippen LogP contribution in [-0.2, 0) is 9.59 Å². The fraction of sp³-hybridized carbons (Fsp3) is 0.0333. The fourth-order valence-electron chi connectivity index (χ4n) is 3.51. The lowest BCUT2D eigenvalue weighted by molar-refractivity contribution is -0.114. The van der Waals surface area contributed by atoms with Gasteiger partial charge in [-0.1, -0.05) is 71.2 Å². The summed E-state index contributed by atoms with van der Waals surface area (Å²) in [6.45, 7) is 0. The number of anilines is 2. The molecule has 0 saturated carbocycles. The zero-order chi connectivity index (χ0) is 28.5. The van der Waals surface area contributed by atoms with Crippen LogP contribution in [0.5, 0.6) is 0 Å². The molecule has 10 heteroatoms. The molecule has 4 rings (SSSR count). The molecule has 0 bridgehead atoms. The quantitative estimate of drug-likeness (QED) is 0.133. The second-order valence-corrected chi connectivity index (χ2v) is 10.6. The van der Waals surface area contributed by atoms with Crippen molar-refractivity contribution in [2.24, 2.45) is 0 Å². The number of carbonyl (C=O) groups is 3. The predicted molar refractivity (Wildman–Crippen MR) is 164 cm³/mol. The van der Waals surface area contributed by atoms with E-state index in [-0.39, 0.29) is 17.4 Å². The number of amides is 3. The van der Waals surface area contributed by atoms with E-state index >= 15 is 0 Å². The second kappa shape index (κ2) is 14.1. The summed E-state index contributed by atoms with van der Waals surface area (Å²) in [6.07, 6.45) is 1.43. The number of nitrogens with one attached hydrogen (secondary N) is 3. The number of rotatable bonds is 9. The van der Waals surface area contributed by atoms with Crippen molar-refractivity contribution in [1.82, 2.24) is 5.32 Å². The summed E-state index contributed by atoms with van der Waals surface area (Å²) < 4.78 is 0. The van der Waals surface area contributed by atoms with Crippen molar-refractivity contribution in [1.29, 1.82) is 0 Å². The molecule has 0 radical (unpaired) electrons. The Balaban J connectivity index is 1.48.